The summed E-state index contributed by atoms with van der Waals surface area (Å²) in [7, 11) is 0. The van der Waals surface area contributed by atoms with Crippen molar-refractivity contribution in [2.45, 2.75) is 11.8 Å². The molecule has 4 heteroatoms. The highest BCUT2D eigenvalue weighted by Crippen LogP contribution is 2.33. The molecule has 138 valence electrons. The van der Waals surface area contributed by atoms with Crippen molar-refractivity contribution in [1.29, 1.82) is 0 Å². The van der Waals surface area contributed by atoms with Crippen molar-refractivity contribution in [1.82, 2.24) is 4.98 Å². The lowest BCUT2D eigenvalue weighted by Crippen LogP contribution is -2.00. The molecule has 0 atom stereocenters. The Labute approximate surface area is 176 Å². The van der Waals surface area contributed by atoms with Crippen molar-refractivity contribution in [3.63, 3.8) is 0 Å². The van der Waals surface area contributed by atoms with Crippen LogP contribution in [0, 0.1) is 6.92 Å². The third kappa shape index (κ3) is 4.13. The van der Waals surface area contributed by atoms with Crippen LogP contribution >= 0.6 is 27.7 Å². The van der Waals surface area contributed by atoms with Crippen LogP contribution in [0.25, 0.3) is 17.0 Å². The van der Waals surface area contributed by atoms with Gasteiger partial charge in [-0.2, -0.15) is 0 Å². The molecule has 0 amide bonds. The van der Waals surface area contributed by atoms with Gasteiger partial charge in [0.15, 0.2) is 5.78 Å². The van der Waals surface area contributed by atoms with E-state index in [1.165, 1.54) is 17.3 Å². The van der Waals surface area contributed by atoms with E-state index in [4.69, 9.17) is 0 Å². The van der Waals surface area contributed by atoms with E-state index in [2.05, 4.69) is 58.2 Å². The molecular weight excluding hydrogens is 430 g/mol. The van der Waals surface area contributed by atoms with Crippen LogP contribution in [0.1, 0.15) is 21.5 Å². The molecular formula is C24H18BrNOS. The second-order valence-electron chi connectivity index (χ2n) is 6.55. The minimum absolute atomic E-state index is 0.0170. The van der Waals surface area contributed by atoms with Gasteiger partial charge in [-0.1, -0.05) is 63.6 Å². The number of carbonyl (C=O) groups is 1. The Hall–Kier alpha value is -2.56. The lowest BCUT2D eigenvalue weighted by atomic mass is 10.1. The van der Waals surface area contributed by atoms with Crippen molar-refractivity contribution in [2.24, 2.45) is 0 Å². The third-order valence-corrected chi connectivity index (χ3v) is 6.05. The summed E-state index contributed by atoms with van der Waals surface area (Å²) in [5.74, 6) is 0.0170. The number of aromatic amines is 1. The van der Waals surface area contributed by atoms with Crippen molar-refractivity contribution < 1.29 is 4.79 Å². The molecule has 2 nitrogen and oxygen atoms in total. The number of fused-ring (bicyclic) bond motifs is 1. The number of hydrogen-bond donors (Lipinski definition) is 1. The highest BCUT2D eigenvalue weighted by Gasteiger charge is 2.15. The van der Waals surface area contributed by atoms with E-state index < -0.39 is 0 Å². The minimum atomic E-state index is 0.0170. The maximum absolute atomic E-state index is 13.3. The topological polar surface area (TPSA) is 32.9 Å². The van der Waals surface area contributed by atoms with Crippen molar-refractivity contribution in [3.05, 3.63) is 105 Å². The molecule has 4 aromatic rings. The lowest BCUT2D eigenvalue weighted by molar-refractivity contribution is 0.104. The van der Waals surface area contributed by atoms with Crippen molar-refractivity contribution in [3.8, 4) is 0 Å². The van der Waals surface area contributed by atoms with Gasteiger partial charge in [-0.15, -0.1) is 0 Å². The molecule has 0 fully saturated rings. The van der Waals surface area contributed by atoms with Gasteiger partial charge in [0.05, 0.1) is 4.91 Å². The molecule has 0 aliphatic carbocycles. The lowest BCUT2D eigenvalue weighted by Gasteiger charge is -2.08. The number of rotatable bonds is 5. The first-order valence-electron chi connectivity index (χ1n) is 8.93. The number of hydrogen-bond acceptors (Lipinski definition) is 2. The number of ketones is 1. The van der Waals surface area contributed by atoms with Crippen LogP contribution in [0.4, 0.5) is 0 Å². The van der Waals surface area contributed by atoms with E-state index in [1.807, 2.05) is 54.7 Å². The van der Waals surface area contributed by atoms with E-state index in [0.29, 0.717) is 10.5 Å². The van der Waals surface area contributed by atoms with Gasteiger partial charge < -0.3 is 4.98 Å². The molecule has 4 rings (SSSR count). The van der Waals surface area contributed by atoms with Crippen molar-refractivity contribution in [2.75, 3.05) is 0 Å². The number of Topliss-reactive ketones (excluding diaryl/α,β-unsaturated/α-hetero) is 1. The highest BCUT2D eigenvalue weighted by atomic mass is 79.9. The van der Waals surface area contributed by atoms with E-state index in [9.17, 15) is 4.79 Å². The van der Waals surface area contributed by atoms with Gasteiger partial charge in [0.2, 0.25) is 0 Å². The van der Waals surface area contributed by atoms with E-state index in [0.717, 1.165) is 25.8 Å². The highest BCUT2D eigenvalue weighted by molar-refractivity contribution is 9.10. The molecule has 0 unspecified atom stereocenters. The molecule has 0 spiro atoms. The summed E-state index contributed by atoms with van der Waals surface area (Å²) in [5, 5.41) is 1.10. The average Bonchev–Trinajstić information content (AvgIpc) is 3.12. The van der Waals surface area contributed by atoms with Crippen molar-refractivity contribution >= 4 is 50.5 Å². The zero-order valence-electron chi connectivity index (χ0n) is 15.3. The third-order valence-electron chi connectivity index (χ3n) is 4.49. The summed E-state index contributed by atoms with van der Waals surface area (Å²) in [6, 6.07) is 23.8. The summed E-state index contributed by atoms with van der Waals surface area (Å²) in [5.41, 5.74) is 3.94. The Morgan fingerprint density at radius 2 is 1.68 bits per heavy atom. The Bertz CT molecular complexity index is 1160. The molecule has 3 aromatic carbocycles. The van der Waals surface area contributed by atoms with Crippen LogP contribution in [-0.2, 0) is 0 Å². The summed E-state index contributed by atoms with van der Waals surface area (Å²) in [6.07, 6.45) is 3.93. The first kappa shape index (κ1) is 18.8. The maximum atomic E-state index is 13.3. The molecule has 28 heavy (non-hydrogen) atoms. The predicted octanol–water partition coefficient (Wildman–Crippen LogP) is 7.25. The maximum Gasteiger partial charge on any atom is 0.199 e. The van der Waals surface area contributed by atoms with Crippen LogP contribution in [-0.4, -0.2) is 10.8 Å². The molecule has 1 aromatic heterocycles. The zero-order chi connectivity index (χ0) is 19.5. The van der Waals surface area contributed by atoms with E-state index >= 15 is 0 Å². The Morgan fingerprint density at radius 3 is 2.43 bits per heavy atom. The number of thioether (sulfide) groups is 1. The first-order valence-corrected chi connectivity index (χ1v) is 10.5. The summed E-state index contributed by atoms with van der Waals surface area (Å²) in [6.45, 7) is 2.06. The normalized spacial score (nSPS) is 11.7. The first-order chi connectivity index (χ1) is 13.6. The summed E-state index contributed by atoms with van der Waals surface area (Å²) in [4.78, 5) is 18.3. The SMILES string of the molecule is Cc1ccc(S/C(=C/c2c[nH]c3ccccc23)C(=O)c2ccc(Br)cc2)cc1. The van der Waals surface area contributed by atoms with Gasteiger partial charge in [0.25, 0.3) is 0 Å². The number of benzene rings is 3. The number of carbonyl (C=O) groups excluding carboxylic acids is 1. The number of para-hydroxylation sites is 1. The quantitative estimate of drug-likeness (QED) is 0.198. The molecule has 1 N–H and O–H groups in total. The standard InChI is InChI=1S/C24H18BrNOS/c1-16-6-12-20(13-7-16)28-23(24(27)17-8-10-19(25)11-9-17)14-18-15-26-22-5-3-2-4-21(18)22/h2-15,26H,1H3/b23-14+. The second kappa shape index (κ2) is 8.21. The Kier molecular flexibility index (Phi) is 5.51. The van der Waals surface area contributed by atoms with Crippen LogP contribution in [0.3, 0.4) is 0 Å². The fourth-order valence-corrected chi connectivity index (χ4v) is 4.16. The van der Waals surface area contributed by atoms with Gasteiger partial charge in [-0.05, 0) is 55.5 Å². The molecule has 0 radical (unpaired) electrons. The van der Waals surface area contributed by atoms with Gasteiger partial charge in [-0.3, -0.25) is 4.79 Å². The Balaban J connectivity index is 1.77. The van der Waals surface area contributed by atoms with Crippen LogP contribution in [0.15, 0.2) is 93.3 Å². The number of halogens is 1. The molecule has 0 bridgehead atoms. The van der Waals surface area contributed by atoms with Crippen LogP contribution in [0.2, 0.25) is 0 Å². The van der Waals surface area contributed by atoms with E-state index in [1.54, 1.807) is 0 Å². The van der Waals surface area contributed by atoms with Gasteiger partial charge in [-0.25, -0.2) is 0 Å². The van der Waals surface area contributed by atoms with E-state index in [-0.39, 0.29) is 5.78 Å². The van der Waals surface area contributed by atoms with Gasteiger partial charge in [0.1, 0.15) is 0 Å². The number of nitrogens with one attached hydrogen (secondary N) is 1. The number of allylic oxidation sites excluding steroid dienone is 1. The fourth-order valence-electron chi connectivity index (χ4n) is 2.97. The van der Waals surface area contributed by atoms with Crippen LogP contribution < -0.4 is 0 Å². The molecule has 1 heterocycles. The van der Waals surface area contributed by atoms with Gasteiger partial charge in [0, 0.05) is 37.6 Å². The zero-order valence-corrected chi connectivity index (χ0v) is 17.7. The summed E-state index contributed by atoms with van der Waals surface area (Å²) < 4.78 is 0.956. The number of aryl methyl sites for hydroxylation is 1. The smallest absolute Gasteiger partial charge is 0.199 e. The Morgan fingerprint density at radius 1 is 0.964 bits per heavy atom. The second-order valence-corrected chi connectivity index (χ2v) is 8.58. The molecule has 0 aliphatic rings. The largest absolute Gasteiger partial charge is 0.361 e. The molecule has 0 aliphatic heterocycles. The fraction of sp³-hybridized carbons (Fsp3) is 0.0417. The number of H-pyrrole nitrogens is 1. The van der Waals surface area contributed by atoms with Crippen LogP contribution in [0.5, 0.6) is 0 Å². The molecule has 0 saturated heterocycles. The number of aromatic nitrogens is 1. The minimum Gasteiger partial charge on any atom is -0.361 e. The molecule has 0 saturated carbocycles. The van der Waals surface area contributed by atoms with Gasteiger partial charge >= 0.3 is 0 Å². The summed E-state index contributed by atoms with van der Waals surface area (Å²) >= 11 is 4.93. The predicted molar refractivity (Wildman–Crippen MR) is 122 cm³/mol. The monoisotopic (exact) mass is 447 g/mol. The average molecular weight is 448 g/mol.